The van der Waals surface area contributed by atoms with Crippen molar-refractivity contribution >= 4 is 22.6 Å². The predicted molar refractivity (Wildman–Crippen MR) is 105 cm³/mol. The van der Waals surface area contributed by atoms with Gasteiger partial charge in [-0.1, -0.05) is 58.3 Å². The first kappa shape index (κ1) is 21.2. The van der Waals surface area contributed by atoms with E-state index < -0.39 is 0 Å². The van der Waals surface area contributed by atoms with Gasteiger partial charge in [-0.05, 0) is 48.8 Å². The van der Waals surface area contributed by atoms with Crippen LogP contribution in [0.5, 0.6) is 0 Å². The van der Waals surface area contributed by atoms with Crippen LogP contribution < -0.4 is 0 Å². The topological polar surface area (TPSA) is 0 Å². The van der Waals surface area contributed by atoms with Crippen LogP contribution in [0, 0.1) is 12.3 Å². The molecule has 0 spiro atoms. The van der Waals surface area contributed by atoms with E-state index in [0.717, 1.165) is 24.1 Å². The zero-order valence-corrected chi connectivity index (χ0v) is 16.8. The molecular weight excluding hydrogens is 369 g/mol. The highest BCUT2D eigenvalue weighted by atomic mass is 127. The fourth-order valence-corrected chi connectivity index (χ4v) is 4.45. The van der Waals surface area contributed by atoms with Crippen LogP contribution >= 0.6 is 22.6 Å². The summed E-state index contributed by atoms with van der Waals surface area (Å²) in [6, 6.07) is 0. The van der Waals surface area contributed by atoms with Gasteiger partial charge in [0.25, 0.3) is 0 Å². The normalized spacial score (nSPS) is 13.1. The lowest BCUT2D eigenvalue weighted by atomic mass is 10.1. The predicted octanol–water partition coefficient (Wildman–Crippen LogP) is 6.16. The van der Waals surface area contributed by atoms with Crippen molar-refractivity contribution in [3.63, 3.8) is 0 Å². The van der Waals surface area contributed by atoms with Gasteiger partial charge in [0.1, 0.15) is 10.6 Å². The summed E-state index contributed by atoms with van der Waals surface area (Å²) in [5.41, 5.74) is 0. The average Bonchev–Trinajstić information content (AvgIpc) is 2.51. The SMILES string of the molecule is C#CC[N+](CC)(CC)C(I)CCCCCCCCCCC. The van der Waals surface area contributed by atoms with Crippen molar-refractivity contribution in [2.75, 3.05) is 19.6 Å². The molecule has 1 atom stereocenters. The quantitative estimate of drug-likeness (QED) is 0.0810. The molecule has 0 aliphatic rings. The minimum absolute atomic E-state index is 0.679. The smallest absolute Gasteiger partial charge is 0.141 e. The maximum absolute atomic E-state index is 5.58. The summed E-state index contributed by atoms with van der Waals surface area (Å²) in [4.78, 5) is 0. The van der Waals surface area contributed by atoms with E-state index in [1.54, 1.807) is 0 Å². The molecule has 0 aliphatic carbocycles. The second-order valence-corrected chi connectivity index (χ2v) is 7.70. The first-order valence-electron chi connectivity index (χ1n) is 9.10. The lowest BCUT2D eigenvalue weighted by molar-refractivity contribution is -0.924. The Bertz CT molecular complexity index is 265. The van der Waals surface area contributed by atoms with Crippen molar-refractivity contribution in [2.24, 2.45) is 0 Å². The van der Waals surface area contributed by atoms with Crippen molar-refractivity contribution in [1.29, 1.82) is 0 Å². The summed E-state index contributed by atoms with van der Waals surface area (Å²) in [5, 5.41) is 0. The standard InChI is InChI=1S/C19H37IN/c1-5-9-10-11-12-13-14-15-16-17-19(20)21(7-3,8-4)18-6-2/h2,19H,5,7-18H2,1,3-4H3/q+1. The Hall–Kier alpha value is 0.250. The summed E-state index contributed by atoms with van der Waals surface area (Å²) in [6.07, 6.45) is 19.6. The molecule has 124 valence electrons. The highest BCUT2D eigenvalue weighted by molar-refractivity contribution is 14.1. The van der Waals surface area contributed by atoms with Crippen LogP contribution in [0.3, 0.4) is 0 Å². The van der Waals surface area contributed by atoms with Crippen LogP contribution in [0.2, 0.25) is 0 Å². The summed E-state index contributed by atoms with van der Waals surface area (Å²) < 4.78 is 1.77. The van der Waals surface area contributed by atoms with E-state index in [1.165, 1.54) is 64.2 Å². The molecule has 21 heavy (non-hydrogen) atoms. The van der Waals surface area contributed by atoms with Gasteiger partial charge in [0.15, 0.2) is 0 Å². The van der Waals surface area contributed by atoms with E-state index in [-0.39, 0.29) is 0 Å². The number of rotatable bonds is 14. The number of alkyl halides is 1. The minimum Gasteiger partial charge on any atom is -0.303 e. The van der Waals surface area contributed by atoms with E-state index in [0.29, 0.717) is 4.05 Å². The van der Waals surface area contributed by atoms with E-state index in [2.05, 4.69) is 49.3 Å². The van der Waals surface area contributed by atoms with Gasteiger partial charge in [0.2, 0.25) is 0 Å². The maximum Gasteiger partial charge on any atom is 0.141 e. The molecule has 0 aromatic rings. The van der Waals surface area contributed by atoms with Gasteiger partial charge in [-0.25, -0.2) is 0 Å². The molecule has 0 saturated heterocycles. The van der Waals surface area contributed by atoms with Crippen LogP contribution in [0.25, 0.3) is 0 Å². The lowest BCUT2D eigenvalue weighted by Gasteiger charge is -2.39. The van der Waals surface area contributed by atoms with Crippen molar-refractivity contribution in [2.45, 2.75) is 89.0 Å². The third-order valence-electron chi connectivity index (χ3n) is 4.81. The molecule has 0 bridgehead atoms. The molecule has 0 fully saturated rings. The number of halogens is 1. The third-order valence-corrected chi connectivity index (χ3v) is 6.61. The number of hydrogen-bond acceptors (Lipinski definition) is 0. The molecular formula is C19H37IN+. The number of unbranched alkanes of at least 4 members (excludes halogenated alkanes) is 8. The maximum atomic E-state index is 5.58. The second-order valence-electron chi connectivity index (χ2n) is 6.26. The fourth-order valence-electron chi connectivity index (χ4n) is 3.02. The molecule has 0 aliphatic heterocycles. The van der Waals surface area contributed by atoms with Gasteiger partial charge < -0.3 is 4.48 Å². The molecule has 0 N–H and O–H groups in total. The van der Waals surface area contributed by atoms with Crippen LogP contribution in [-0.4, -0.2) is 28.2 Å². The summed E-state index contributed by atoms with van der Waals surface area (Å²) >= 11 is 2.64. The molecule has 0 aromatic carbocycles. The molecule has 0 rings (SSSR count). The van der Waals surface area contributed by atoms with Crippen LogP contribution in [-0.2, 0) is 0 Å². The van der Waals surface area contributed by atoms with E-state index >= 15 is 0 Å². The zero-order valence-electron chi connectivity index (χ0n) is 14.7. The van der Waals surface area contributed by atoms with Gasteiger partial charge in [-0.3, -0.25) is 0 Å². The Kier molecular flexibility index (Phi) is 14.0. The molecule has 0 radical (unpaired) electrons. The Morgan fingerprint density at radius 3 is 1.76 bits per heavy atom. The van der Waals surface area contributed by atoms with Crippen molar-refractivity contribution in [1.82, 2.24) is 0 Å². The average molecular weight is 406 g/mol. The third kappa shape index (κ3) is 9.08. The highest BCUT2D eigenvalue weighted by Crippen LogP contribution is 2.24. The molecule has 0 amide bonds. The van der Waals surface area contributed by atoms with E-state index in [1.807, 2.05) is 0 Å². The lowest BCUT2D eigenvalue weighted by Crippen LogP contribution is -2.52. The number of nitrogens with zero attached hydrogens (tertiary/aromatic N) is 1. The van der Waals surface area contributed by atoms with Crippen LogP contribution in [0.1, 0.15) is 85.0 Å². The van der Waals surface area contributed by atoms with Gasteiger partial charge >= 0.3 is 0 Å². The zero-order chi connectivity index (χ0) is 16.0. The molecule has 0 heterocycles. The first-order valence-corrected chi connectivity index (χ1v) is 10.3. The van der Waals surface area contributed by atoms with Gasteiger partial charge in [0.05, 0.1) is 13.1 Å². The minimum atomic E-state index is 0.679. The molecule has 1 nitrogen and oxygen atoms in total. The van der Waals surface area contributed by atoms with Crippen LogP contribution in [0.4, 0.5) is 0 Å². The van der Waals surface area contributed by atoms with E-state index in [9.17, 15) is 0 Å². The second kappa shape index (κ2) is 13.9. The van der Waals surface area contributed by atoms with Crippen molar-refractivity contribution in [3.8, 4) is 12.3 Å². The Morgan fingerprint density at radius 2 is 1.33 bits per heavy atom. The Labute approximate surface area is 148 Å². The Balaban J connectivity index is 3.73. The summed E-state index contributed by atoms with van der Waals surface area (Å²) in [6.45, 7) is 10.0. The first-order chi connectivity index (χ1) is 10.2. The van der Waals surface area contributed by atoms with Gasteiger partial charge in [-0.15, -0.1) is 6.42 Å². The largest absolute Gasteiger partial charge is 0.303 e. The molecule has 1 unspecified atom stereocenters. The van der Waals surface area contributed by atoms with Gasteiger partial charge in [-0.2, -0.15) is 0 Å². The molecule has 0 saturated carbocycles. The van der Waals surface area contributed by atoms with Crippen molar-refractivity contribution in [3.05, 3.63) is 0 Å². The Morgan fingerprint density at radius 1 is 0.857 bits per heavy atom. The highest BCUT2D eigenvalue weighted by Gasteiger charge is 2.30. The number of quaternary nitrogens is 1. The summed E-state index contributed by atoms with van der Waals surface area (Å²) in [7, 11) is 0. The summed E-state index contributed by atoms with van der Waals surface area (Å²) in [5.74, 6) is 2.89. The van der Waals surface area contributed by atoms with Crippen LogP contribution in [0.15, 0.2) is 0 Å². The molecule has 2 heteroatoms. The fraction of sp³-hybridized carbons (Fsp3) is 0.895. The number of terminal acetylenes is 1. The monoisotopic (exact) mass is 406 g/mol. The van der Waals surface area contributed by atoms with Gasteiger partial charge in [0, 0.05) is 6.42 Å². The molecule has 0 aromatic heterocycles. The number of hydrogen-bond donors (Lipinski definition) is 0. The van der Waals surface area contributed by atoms with Crippen molar-refractivity contribution < 1.29 is 4.48 Å². The van der Waals surface area contributed by atoms with E-state index in [4.69, 9.17) is 6.42 Å².